The molecule has 2 rings (SSSR count). The van der Waals surface area contributed by atoms with Crippen LogP contribution in [0.2, 0.25) is 0 Å². The van der Waals surface area contributed by atoms with Gasteiger partial charge in [0.05, 0.1) is 0 Å². The molecule has 1 aliphatic rings. The number of halogens is 1. The molecule has 1 N–H and O–H groups in total. The Kier molecular flexibility index (Phi) is 5.41. The van der Waals surface area contributed by atoms with Gasteiger partial charge in [-0.2, -0.15) is 0 Å². The molecule has 0 aliphatic carbocycles. The van der Waals surface area contributed by atoms with E-state index in [4.69, 9.17) is 0 Å². The van der Waals surface area contributed by atoms with Gasteiger partial charge < -0.3 is 5.32 Å². The summed E-state index contributed by atoms with van der Waals surface area (Å²) in [4.78, 5) is 48.4. The van der Waals surface area contributed by atoms with Crippen molar-refractivity contribution in [1.29, 1.82) is 0 Å². The summed E-state index contributed by atoms with van der Waals surface area (Å²) < 4.78 is 12.8. The second-order valence-electron chi connectivity index (χ2n) is 5.10. The molecule has 7 nitrogen and oxygen atoms in total. The van der Waals surface area contributed by atoms with E-state index in [0.717, 1.165) is 10.5 Å². The van der Waals surface area contributed by atoms with Crippen LogP contribution >= 0.6 is 0 Å². The Morgan fingerprint density at radius 3 is 2.38 bits per heavy atom. The third-order valence-corrected chi connectivity index (χ3v) is 3.40. The normalized spacial score (nSPS) is 14.3. The summed E-state index contributed by atoms with van der Waals surface area (Å²) in [5.74, 6) is -2.91. The lowest BCUT2D eigenvalue weighted by Gasteiger charge is -2.14. The molecule has 1 fully saturated rings. The van der Waals surface area contributed by atoms with Crippen molar-refractivity contribution in [2.75, 3.05) is 19.6 Å². The SMILES string of the molecule is C=CCN1C(=O)C(=O)N(CC(=O)NCCc2ccc(F)cc2)C1=O. The molecule has 1 saturated heterocycles. The van der Waals surface area contributed by atoms with Crippen LogP contribution in [-0.2, 0) is 20.8 Å². The van der Waals surface area contributed by atoms with Crippen molar-refractivity contribution in [1.82, 2.24) is 15.1 Å². The summed E-state index contributed by atoms with van der Waals surface area (Å²) in [5.41, 5.74) is 0.831. The maximum Gasteiger partial charge on any atom is 0.335 e. The van der Waals surface area contributed by atoms with Gasteiger partial charge in [0.25, 0.3) is 0 Å². The predicted octanol–water partition coefficient (Wildman–Crippen LogP) is 0.461. The number of carbonyl (C=O) groups excluding carboxylic acids is 4. The summed E-state index contributed by atoms with van der Waals surface area (Å²) >= 11 is 0. The van der Waals surface area contributed by atoms with E-state index in [1.807, 2.05) is 0 Å². The first-order chi connectivity index (χ1) is 11.4. The van der Waals surface area contributed by atoms with Crippen molar-refractivity contribution >= 4 is 23.8 Å². The monoisotopic (exact) mass is 333 g/mol. The zero-order valence-corrected chi connectivity index (χ0v) is 12.8. The summed E-state index contributed by atoms with van der Waals surface area (Å²) in [6.07, 6.45) is 1.78. The standard InChI is InChI=1S/C16H16FN3O4/c1-2-9-19-14(22)15(23)20(16(19)24)10-13(21)18-8-7-11-3-5-12(17)6-4-11/h2-6H,1,7-10H2,(H,18,21). The lowest BCUT2D eigenvalue weighted by atomic mass is 10.1. The van der Waals surface area contributed by atoms with Crippen LogP contribution in [0.1, 0.15) is 5.56 Å². The number of benzene rings is 1. The first-order valence-corrected chi connectivity index (χ1v) is 7.23. The minimum atomic E-state index is -1.03. The van der Waals surface area contributed by atoms with Crippen LogP contribution in [0.5, 0.6) is 0 Å². The fourth-order valence-corrected chi connectivity index (χ4v) is 2.18. The number of urea groups is 1. The minimum Gasteiger partial charge on any atom is -0.354 e. The first kappa shape index (κ1) is 17.3. The van der Waals surface area contributed by atoms with Crippen LogP contribution in [0.15, 0.2) is 36.9 Å². The number of amides is 5. The van der Waals surface area contributed by atoms with Crippen LogP contribution in [0.4, 0.5) is 9.18 Å². The first-order valence-electron chi connectivity index (χ1n) is 7.23. The van der Waals surface area contributed by atoms with E-state index >= 15 is 0 Å². The van der Waals surface area contributed by atoms with Gasteiger partial charge in [0.2, 0.25) is 5.91 Å². The number of hydrogen-bond acceptors (Lipinski definition) is 4. The van der Waals surface area contributed by atoms with Gasteiger partial charge in [0.15, 0.2) is 0 Å². The van der Waals surface area contributed by atoms with E-state index in [9.17, 15) is 23.6 Å². The Morgan fingerprint density at radius 2 is 1.75 bits per heavy atom. The van der Waals surface area contributed by atoms with Crippen molar-refractivity contribution < 1.29 is 23.6 Å². The lowest BCUT2D eigenvalue weighted by molar-refractivity contribution is -0.143. The van der Waals surface area contributed by atoms with Crippen molar-refractivity contribution in [2.24, 2.45) is 0 Å². The molecule has 0 radical (unpaired) electrons. The Balaban J connectivity index is 1.84. The minimum absolute atomic E-state index is 0.0912. The quantitative estimate of drug-likeness (QED) is 0.446. The average Bonchev–Trinajstić information content (AvgIpc) is 2.75. The Morgan fingerprint density at radius 1 is 1.12 bits per heavy atom. The third-order valence-electron chi connectivity index (χ3n) is 3.40. The number of rotatable bonds is 7. The van der Waals surface area contributed by atoms with Crippen LogP contribution in [0.3, 0.4) is 0 Å². The molecule has 1 aliphatic heterocycles. The summed E-state index contributed by atoms with van der Waals surface area (Å²) in [6.45, 7) is 3.04. The molecule has 1 heterocycles. The highest BCUT2D eigenvalue weighted by Gasteiger charge is 2.44. The zero-order valence-electron chi connectivity index (χ0n) is 12.8. The van der Waals surface area contributed by atoms with Crippen molar-refractivity contribution in [2.45, 2.75) is 6.42 Å². The molecule has 5 amide bonds. The number of nitrogens with zero attached hydrogens (tertiary/aromatic N) is 2. The Labute approximate surface area is 137 Å². The smallest absolute Gasteiger partial charge is 0.335 e. The fraction of sp³-hybridized carbons (Fsp3) is 0.250. The van der Waals surface area contributed by atoms with Crippen molar-refractivity contribution in [3.63, 3.8) is 0 Å². The van der Waals surface area contributed by atoms with Gasteiger partial charge in [0.1, 0.15) is 12.4 Å². The third kappa shape index (κ3) is 3.83. The summed E-state index contributed by atoms with van der Waals surface area (Å²) in [7, 11) is 0. The topological polar surface area (TPSA) is 86.8 Å². The number of imide groups is 2. The molecule has 8 heteroatoms. The molecule has 0 spiro atoms. The Bertz CT molecular complexity index is 687. The number of carbonyl (C=O) groups is 4. The van der Waals surface area contributed by atoms with Gasteiger partial charge >= 0.3 is 17.8 Å². The van der Waals surface area contributed by atoms with Crippen LogP contribution in [-0.4, -0.2) is 53.2 Å². The molecule has 0 aromatic heterocycles. The Hall–Kier alpha value is -3.03. The van der Waals surface area contributed by atoms with Crippen LogP contribution in [0, 0.1) is 5.82 Å². The van der Waals surface area contributed by atoms with E-state index in [0.29, 0.717) is 11.3 Å². The molecule has 0 unspecified atom stereocenters. The number of nitrogens with one attached hydrogen (secondary N) is 1. The highest BCUT2D eigenvalue weighted by molar-refractivity contribution is 6.45. The fourth-order valence-electron chi connectivity index (χ4n) is 2.18. The van der Waals surface area contributed by atoms with E-state index in [2.05, 4.69) is 11.9 Å². The van der Waals surface area contributed by atoms with E-state index < -0.39 is 30.3 Å². The molecule has 1 aromatic rings. The molecular formula is C16H16FN3O4. The molecule has 126 valence electrons. The van der Waals surface area contributed by atoms with Crippen molar-refractivity contribution in [3.05, 3.63) is 48.3 Å². The van der Waals surface area contributed by atoms with Gasteiger partial charge in [-0.1, -0.05) is 18.2 Å². The molecular weight excluding hydrogens is 317 g/mol. The second kappa shape index (κ2) is 7.49. The second-order valence-corrected chi connectivity index (χ2v) is 5.10. The highest BCUT2D eigenvalue weighted by atomic mass is 19.1. The molecule has 0 bridgehead atoms. The van der Waals surface area contributed by atoms with Gasteiger partial charge in [0, 0.05) is 13.1 Å². The maximum atomic E-state index is 12.8. The lowest BCUT2D eigenvalue weighted by Crippen LogP contribution is -2.42. The molecule has 1 aromatic carbocycles. The number of hydrogen-bond donors (Lipinski definition) is 1. The van der Waals surface area contributed by atoms with Crippen LogP contribution < -0.4 is 5.32 Å². The highest BCUT2D eigenvalue weighted by Crippen LogP contribution is 2.11. The molecule has 0 atom stereocenters. The van der Waals surface area contributed by atoms with Crippen molar-refractivity contribution in [3.8, 4) is 0 Å². The average molecular weight is 333 g/mol. The van der Waals surface area contributed by atoms with E-state index in [1.165, 1.54) is 18.2 Å². The van der Waals surface area contributed by atoms with E-state index in [-0.39, 0.29) is 18.9 Å². The van der Waals surface area contributed by atoms with Gasteiger partial charge in [-0.25, -0.2) is 14.1 Å². The molecule has 0 saturated carbocycles. The summed E-state index contributed by atoms with van der Waals surface area (Å²) in [5, 5.41) is 2.55. The zero-order chi connectivity index (χ0) is 17.7. The predicted molar refractivity (Wildman–Crippen MR) is 82.1 cm³/mol. The van der Waals surface area contributed by atoms with Crippen LogP contribution in [0.25, 0.3) is 0 Å². The van der Waals surface area contributed by atoms with Gasteiger partial charge in [-0.3, -0.25) is 19.3 Å². The largest absolute Gasteiger partial charge is 0.354 e. The maximum absolute atomic E-state index is 12.8. The van der Waals surface area contributed by atoms with E-state index in [1.54, 1.807) is 12.1 Å². The molecule has 24 heavy (non-hydrogen) atoms. The van der Waals surface area contributed by atoms with Gasteiger partial charge in [-0.05, 0) is 24.1 Å². The van der Waals surface area contributed by atoms with Gasteiger partial charge in [-0.15, -0.1) is 6.58 Å². The summed E-state index contributed by atoms with van der Waals surface area (Å²) in [6, 6.07) is 5.00.